The maximum Gasteiger partial charge on any atom is -0.0228 e. The molecule has 3 atom stereocenters. The van der Waals surface area contributed by atoms with Gasteiger partial charge in [0.2, 0.25) is 0 Å². The van der Waals surface area contributed by atoms with E-state index >= 15 is 0 Å². The minimum absolute atomic E-state index is 0.657. The SMILES string of the molecule is C=C(C=CC1=CCC(C)C(C)C1)C(CCCC)=C(C)C(C)CCC(C)C. The first-order valence-electron chi connectivity index (χ1n) is 11.0. The average molecular weight is 357 g/mol. The van der Waals surface area contributed by atoms with Crippen LogP contribution in [0.1, 0.15) is 93.4 Å². The molecular formula is C26H44. The molecule has 0 fully saturated rings. The molecule has 0 radical (unpaired) electrons. The Bertz CT molecular complexity index is 526. The first-order valence-corrected chi connectivity index (χ1v) is 11.0. The molecule has 1 aliphatic rings. The normalized spacial score (nSPS) is 23.2. The fraction of sp³-hybridized carbons (Fsp3) is 0.692. The predicted molar refractivity (Wildman–Crippen MR) is 119 cm³/mol. The summed E-state index contributed by atoms with van der Waals surface area (Å²) in [5, 5.41) is 0. The summed E-state index contributed by atoms with van der Waals surface area (Å²) in [6.07, 6.45) is 15.8. The van der Waals surface area contributed by atoms with Gasteiger partial charge in [-0.25, -0.2) is 0 Å². The highest BCUT2D eigenvalue weighted by atomic mass is 14.2. The highest BCUT2D eigenvalue weighted by Crippen LogP contribution is 2.31. The van der Waals surface area contributed by atoms with Crippen LogP contribution in [0.4, 0.5) is 0 Å². The van der Waals surface area contributed by atoms with E-state index in [2.05, 4.69) is 73.3 Å². The van der Waals surface area contributed by atoms with E-state index in [0.717, 1.165) is 17.8 Å². The maximum absolute atomic E-state index is 4.45. The zero-order valence-corrected chi connectivity index (χ0v) is 18.7. The van der Waals surface area contributed by atoms with Gasteiger partial charge in [-0.1, -0.05) is 90.3 Å². The topological polar surface area (TPSA) is 0 Å². The second kappa shape index (κ2) is 11.6. The molecular weight excluding hydrogens is 312 g/mol. The van der Waals surface area contributed by atoms with Gasteiger partial charge in [0.25, 0.3) is 0 Å². The molecule has 3 unspecified atom stereocenters. The van der Waals surface area contributed by atoms with Crippen molar-refractivity contribution in [1.29, 1.82) is 0 Å². The van der Waals surface area contributed by atoms with Gasteiger partial charge in [0.05, 0.1) is 0 Å². The maximum atomic E-state index is 4.45. The molecule has 0 spiro atoms. The molecule has 0 aromatic rings. The quantitative estimate of drug-likeness (QED) is 0.343. The van der Waals surface area contributed by atoms with Crippen molar-refractivity contribution < 1.29 is 0 Å². The van der Waals surface area contributed by atoms with Crippen molar-refractivity contribution in [2.24, 2.45) is 23.7 Å². The van der Waals surface area contributed by atoms with Crippen LogP contribution in [0.25, 0.3) is 0 Å². The van der Waals surface area contributed by atoms with Crippen molar-refractivity contribution in [3.8, 4) is 0 Å². The number of hydrogen-bond donors (Lipinski definition) is 0. The van der Waals surface area contributed by atoms with Gasteiger partial charge in [0, 0.05) is 0 Å². The zero-order valence-electron chi connectivity index (χ0n) is 18.7. The van der Waals surface area contributed by atoms with Crippen LogP contribution in [0, 0.1) is 23.7 Å². The van der Waals surface area contributed by atoms with E-state index in [1.54, 1.807) is 5.57 Å². The molecule has 0 aliphatic heterocycles. The summed E-state index contributed by atoms with van der Waals surface area (Å²) in [5.74, 6) is 3.06. The van der Waals surface area contributed by atoms with Crippen LogP contribution in [-0.2, 0) is 0 Å². The van der Waals surface area contributed by atoms with Gasteiger partial charge in [-0.2, -0.15) is 0 Å². The lowest BCUT2D eigenvalue weighted by atomic mass is 9.81. The van der Waals surface area contributed by atoms with Crippen molar-refractivity contribution in [2.45, 2.75) is 93.4 Å². The molecule has 0 heterocycles. The van der Waals surface area contributed by atoms with E-state index in [1.807, 2.05) is 0 Å². The second-order valence-electron chi connectivity index (χ2n) is 9.17. The zero-order chi connectivity index (χ0) is 19.7. The lowest BCUT2D eigenvalue weighted by Crippen LogP contribution is -2.12. The molecule has 26 heavy (non-hydrogen) atoms. The molecule has 1 aliphatic carbocycles. The van der Waals surface area contributed by atoms with Crippen LogP contribution in [0.15, 0.2) is 47.1 Å². The van der Waals surface area contributed by atoms with Crippen LogP contribution in [0.3, 0.4) is 0 Å². The lowest BCUT2D eigenvalue weighted by molar-refractivity contribution is 0.373. The minimum atomic E-state index is 0.657. The third kappa shape index (κ3) is 7.68. The van der Waals surface area contributed by atoms with E-state index in [9.17, 15) is 0 Å². The number of allylic oxidation sites excluding steroid dienone is 7. The monoisotopic (exact) mass is 356 g/mol. The molecule has 0 saturated carbocycles. The van der Waals surface area contributed by atoms with Gasteiger partial charge in [0.1, 0.15) is 0 Å². The molecule has 0 saturated heterocycles. The molecule has 1 rings (SSSR count). The highest BCUT2D eigenvalue weighted by molar-refractivity contribution is 5.43. The summed E-state index contributed by atoms with van der Waals surface area (Å²) in [5.41, 5.74) is 5.81. The van der Waals surface area contributed by atoms with E-state index in [4.69, 9.17) is 0 Å². The molecule has 0 bridgehead atoms. The Labute approximate surface area is 164 Å². The van der Waals surface area contributed by atoms with Crippen LogP contribution in [-0.4, -0.2) is 0 Å². The molecule has 0 nitrogen and oxygen atoms in total. The number of rotatable bonds is 10. The fourth-order valence-corrected chi connectivity index (χ4v) is 3.73. The van der Waals surface area contributed by atoms with Gasteiger partial charge in [-0.3, -0.25) is 0 Å². The second-order valence-corrected chi connectivity index (χ2v) is 9.17. The molecule has 0 amide bonds. The Balaban J connectivity index is 2.88. The first-order chi connectivity index (χ1) is 12.3. The molecule has 148 valence electrons. The first kappa shape index (κ1) is 23.0. The summed E-state index contributed by atoms with van der Waals surface area (Å²) in [7, 11) is 0. The van der Waals surface area contributed by atoms with Crippen LogP contribution < -0.4 is 0 Å². The van der Waals surface area contributed by atoms with Gasteiger partial charge in [-0.05, 0) is 73.8 Å². The Hall–Kier alpha value is -1.04. The lowest BCUT2D eigenvalue weighted by Gasteiger charge is -2.24. The molecule has 0 N–H and O–H groups in total. The Kier molecular flexibility index (Phi) is 10.3. The Morgan fingerprint density at radius 1 is 1.19 bits per heavy atom. The van der Waals surface area contributed by atoms with Crippen molar-refractivity contribution in [3.63, 3.8) is 0 Å². The molecule has 0 aromatic heterocycles. The fourth-order valence-electron chi connectivity index (χ4n) is 3.73. The van der Waals surface area contributed by atoms with Crippen molar-refractivity contribution in [3.05, 3.63) is 47.1 Å². The van der Waals surface area contributed by atoms with Crippen molar-refractivity contribution >= 4 is 0 Å². The summed E-state index contributed by atoms with van der Waals surface area (Å²) in [6, 6.07) is 0. The summed E-state index contributed by atoms with van der Waals surface area (Å²) in [6.45, 7) is 20.9. The van der Waals surface area contributed by atoms with Gasteiger partial charge in [-0.15, -0.1) is 0 Å². The average Bonchev–Trinajstić information content (AvgIpc) is 2.60. The van der Waals surface area contributed by atoms with Gasteiger partial charge in [0.15, 0.2) is 0 Å². The number of unbranched alkanes of at least 4 members (excludes halogenated alkanes) is 1. The van der Waals surface area contributed by atoms with Crippen molar-refractivity contribution in [2.75, 3.05) is 0 Å². The minimum Gasteiger partial charge on any atom is -0.0915 e. The third-order valence-electron chi connectivity index (χ3n) is 6.34. The largest absolute Gasteiger partial charge is 0.0915 e. The van der Waals surface area contributed by atoms with Crippen molar-refractivity contribution in [1.82, 2.24) is 0 Å². The van der Waals surface area contributed by atoms with E-state index in [1.165, 1.54) is 61.7 Å². The van der Waals surface area contributed by atoms with Gasteiger partial charge >= 0.3 is 0 Å². The molecule has 0 heteroatoms. The van der Waals surface area contributed by atoms with E-state index < -0.39 is 0 Å². The summed E-state index contributed by atoms with van der Waals surface area (Å²) in [4.78, 5) is 0. The Morgan fingerprint density at radius 2 is 1.88 bits per heavy atom. The van der Waals surface area contributed by atoms with E-state index in [-0.39, 0.29) is 0 Å². The van der Waals surface area contributed by atoms with Gasteiger partial charge < -0.3 is 0 Å². The summed E-state index contributed by atoms with van der Waals surface area (Å²) < 4.78 is 0. The van der Waals surface area contributed by atoms with Crippen LogP contribution in [0.2, 0.25) is 0 Å². The van der Waals surface area contributed by atoms with Crippen LogP contribution >= 0.6 is 0 Å². The summed E-state index contributed by atoms with van der Waals surface area (Å²) >= 11 is 0. The highest BCUT2D eigenvalue weighted by Gasteiger charge is 2.17. The predicted octanol–water partition coefficient (Wildman–Crippen LogP) is 8.67. The smallest absolute Gasteiger partial charge is 0.0228 e. The standard InChI is InChI=1S/C26H44/c1-9-10-11-26(24(8)21(5)13-12-19(2)3)22(6)15-17-25-16-14-20(4)23(7)18-25/h15-17,19-21,23H,6,9-14,18H2,1-5,7-8H3. The Morgan fingerprint density at radius 3 is 2.46 bits per heavy atom. The number of hydrogen-bond acceptors (Lipinski definition) is 0. The van der Waals surface area contributed by atoms with E-state index in [0.29, 0.717) is 5.92 Å². The molecule has 0 aromatic carbocycles. The third-order valence-corrected chi connectivity index (χ3v) is 6.34. The van der Waals surface area contributed by atoms with Crippen LogP contribution in [0.5, 0.6) is 0 Å².